The Bertz CT molecular complexity index is 1140. The Labute approximate surface area is 187 Å². The molecular weight excluding hydrogens is 404 g/mol. The molecule has 0 spiro atoms. The van der Waals surface area contributed by atoms with E-state index >= 15 is 0 Å². The van der Waals surface area contributed by atoms with Crippen molar-refractivity contribution in [1.29, 1.82) is 0 Å². The molecule has 1 aromatic heterocycles. The molecule has 0 fully saturated rings. The van der Waals surface area contributed by atoms with E-state index < -0.39 is 0 Å². The molecule has 4 N–H and O–H groups in total. The summed E-state index contributed by atoms with van der Waals surface area (Å²) >= 11 is 0. The van der Waals surface area contributed by atoms with E-state index in [0.717, 1.165) is 41.2 Å². The summed E-state index contributed by atoms with van der Waals surface area (Å²) in [6.45, 7) is 3.27. The highest BCUT2D eigenvalue weighted by molar-refractivity contribution is 5.75. The zero-order valence-electron chi connectivity index (χ0n) is 18.3. The molecule has 3 aromatic rings. The molecule has 8 heteroatoms. The number of hydrogen-bond donors (Lipinski definition) is 4. The number of anilines is 1. The van der Waals surface area contributed by atoms with Gasteiger partial charge < -0.3 is 20.6 Å². The Morgan fingerprint density at radius 2 is 2.03 bits per heavy atom. The quantitative estimate of drug-likeness (QED) is 0.476. The summed E-state index contributed by atoms with van der Waals surface area (Å²) in [6, 6.07) is 14.7. The van der Waals surface area contributed by atoms with Crippen LogP contribution in [0.25, 0.3) is 16.8 Å². The second kappa shape index (κ2) is 8.57. The summed E-state index contributed by atoms with van der Waals surface area (Å²) in [4.78, 5) is 0. The fraction of sp³-hybridized carbons (Fsp3) is 0.292. The first-order valence-electron chi connectivity index (χ1n) is 10.9. The molecule has 0 amide bonds. The van der Waals surface area contributed by atoms with Gasteiger partial charge in [0.1, 0.15) is 12.4 Å². The Hall–Kier alpha value is -3.49. The largest absolute Gasteiger partial charge is 0.491 e. The molecule has 1 atom stereocenters. The second-order valence-corrected chi connectivity index (χ2v) is 8.15. The normalized spacial score (nSPS) is 17.5. The van der Waals surface area contributed by atoms with Crippen LogP contribution >= 0.6 is 0 Å². The maximum absolute atomic E-state index is 8.95. The topological polar surface area (TPSA) is 86.6 Å². The standard InChI is InChI=1S/C24H28N6O2/c1-16-24-21-8-3-17(18-14-25-29(2)15-18)13-22(21)23(9-10-30(24)28-27-16)26-19-4-6-20(7-5-19)32-12-11-31/h3-8,13-15,23,26-28,31H,9-12H2,1-2H3. The van der Waals surface area contributed by atoms with Crippen LogP contribution in [-0.2, 0) is 7.05 Å². The van der Waals surface area contributed by atoms with Crippen molar-refractivity contribution in [3.8, 4) is 16.9 Å². The first-order valence-corrected chi connectivity index (χ1v) is 10.9. The number of benzene rings is 2. The van der Waals surface area contributed by atoms with Crippen molar-refractivity contribution < 1.29 is 9.84 Å². The minimum absolute atomic E-state index is 0.00673. The van der Waals surface area contributed by atoms with E-state index in [4.69, 9.17) is 9.84 Å². The fourth-order valence-corrected chi connectivity index (χ4v) is 4.38. The van der Waals surface area contributed by atoms with Crippen LogP contribution in [0.5, 0.6) is 5.75 Å². The maximum atomic E-state index is 8.95. The van der Waals surface area contributed by atoms with E-state index in [0.29, 0.717) is 6.61 Å². The highest BCUT2D eigenvalue weighted by atomic mass is 16.5. The van der Waals surface area contributed by atoms with E-state index in [2.05, 4.69) is 51.5 Å². The molecule has 166 valence electrons. The van der Waals surface area contributed by atoms with Gasteiger partial charge in [0.25, 0.3) is 0 Å². The van der Waals surface area contributed by atoms with Gasteiger partial charge in [0.2, 0.25) is 0 Å². The highest BCUT2D eigenvalue weighted by Crippen LogP contribution is 2.39. The third-order valence-corrected chi connectivity index (χ3v) is 5.92. The number of nitrogens with zero attached hydrogens (tertiary/aromatic N) is 3. The van der Waals surface area contributed by atoms with Gasteiger partial charge >= 0.3 is 0 Å². The number of aryl methyl sites for hydroxylation is 1. The number of fused-ring (bicyclic) bond motifs is 3. The lowest BCUT2D eigenvalue weighted by atomic mass is 9.93. The van der Waals surface area contributed by atoms with Gasteiger partial charge in [-0.25, -0.2) is 0 Å². The summed E-state index contributed by atoms with van der Waals surface area (Å²) in [6.07, 6.45) is 4.88. The summed E-state index contributed by atoms with van der Waals surface area (Å²) in [5.41, 5.74) is 14.6. The van der Waals surface area contributed by atoms with E-state index in [1.54, 1.807) is 0 Å². The molecule has 0 saturated carbocycles. The monoisotopic (exact) mass is 432 g/mol. The van der Waals surface area contributed by atoms with Gasteiger partial charge in [0.05, 0.1) is 30.2 Å². The molecule has 8 nitrogen and oxygen atoms in total. The van der Waals surface area contributed by atoms with Gasteiger partial charge in [-0.15, -0.1) is 5.53 Å². The van der Waals surface area contributed by atoms with Crippen molar-refractivity contribution in [1.82, 2.24) is 25.7 Å². The van der Waals surface area contributed by atoms with Crippen LogP contribution in [-0.4, -0.2) is 39.7 Å². The summed E-state index contributed by atoms with van der Waals surface area (Å²) in [7, 11) is 1.94. The van der Waals surface area contributed by atoms with Gasteiger partial charge in [-0.1, -0.05) is 12.1 Å². The van der Waals surface area contributed by atoms with Gasteiger partial charge in [0.15, 0.2) is 0 Å². The Balaban J connectivity index is 1.50. The molecule has 2 aliphatic rings. The molecule has 2 aromatic carbocycles. The van der Waals surface area contributed by atoms with Gasteiger partial charge in [-0.3, -0.25) is 9.69 Å². The Morgan fingerprint density at radius 1 is 1.19 bits per heavy atom. The molecule has 0 bridgehead atoms. The molecule has 2 aliphatic heterocycles. The zero-order valence-corrected chi connectivity index (χ0v) is 18.3. The van der Waals surface area contributed by atoms with E-state index in [1.807, 2.05) is 48.4 Å². The molecule has 0 aliphatic carbocycles. The first kappa shape index (κ1) is 20.4. The first-order chi connectivity index (χ1) is 15.6. The molecule has 0 radical (unpaired) electrons. The van der Waals surface area contributed by atoms with Crippen LogP contribution in [0.3, 0.4) is 0 Å². The predicted octanol–water partition coefficient (Wildman–Crippen LogP) is 3.03. The number of allylic oxidation sites excluding steroid dienone is 1. The van der Waals surface area contributed by atoms with Crippen LogP contribution < -0.4 is 21.0 Å². The van der Waals surface area contributed by atoms with Gasteiger partial charge in [-0.2, -0.15) is 5.10 Å². The summed E-state index contributed by atoms with van der Waals surface area (Å²) < 4.78 is 7.32. The van der Waals surface area contributed by atoms with Crippen LogP contribution in [0.15, 0.2) is 60.6 Å². The number of ether oxygens (including phenoxy) is 1. The van der Waals surface area contributed by atoms with Crippen LogP contribution in [0.4, 0.5) is 5.69 Å². The lowest BCUT2D eigenvalue weighted by Crippen LogP contribution is -2.37. The van der Waals surface area contributed by atoms with Crippen molar-refractivity contribution in [3.63, 3.8) is 0 Å². The summed E-state index contributed by atoms with van der Waals surface area (Å²) in [5.74, 6) is 0.751. The number of aliphatic hydroxyl groups excluding tert-OH is 1. The zero-order chi connectivity index (χ0) is 22.1. The van der Waals surface area contributed by atoms with E-state index in [9.17, 15) is 0 Å². The molecule has 32 heavy (non-hydrogen) atoms. The van der Waals surface area contributed by atoms with Crippen molar-refractivity contribution in [3.05, 3.63) is 71.7 Å². The molecule has 5 rings (SSSR count). The summed E-state index contributed by atoms with van der Waals surface area (Å²) in [5, 5.41) is 19.2. The third kappa shape index (κ3) is 3.90. The molecule has 0 saturated heterocycles. The Kier molecular flexibility index (Phi) is 5.46. The number of aliphatic hydroxyl groups is 1. The minimum Gasteiger partial charge on any atom is -0.491 e. The van der Waals surface area contributed by atoms with E-state index in [-0.39, 0.29) is 12.6 Å². The number of nitrogens with one attached hydrogen (secondary N) is 3. The van der Waals surface area contributed by atoms with Crippen LogP contribution in [0, 0.1) is 0 Å². The number of hydrazine groups is 2. The van der Waals surface area contributed by atoms with Crippen molar-refractivity contribution in [2.24, 2.45) is 7.05 Å². The van der Waals surface area contributed by atoms with Crippen molar-refractivity contribution in [2.75, 3.05) is 25.1 Å². The van der Waals surface area contributed by atoms with Crippen molar-refractivity contribution >= 4 is 11.4 Å². The van der Waals surface area contributed by atoms with E-state index in [1.165, 1.54) is 16.8 Å². The highest BCUT2D eigenvalue weighted by Gasteiger charge is 2.30. The smallest absolute Gasteiger partial charge is 0.119 e. The second-order valence-electron chi connectivity index (χ2n) is 8.15. The Morgan fingerprint density at radius 3 is 2.78 bits per heavy atom. The fourth-order valence-electron chi connectivity index (χ4n) is 4.38. The lowest BCUT2D eigenvalue weighted by molar-refractivity contribution is 0.201. The predicted molar refractivity (Wildman–Crippen MR) is 124 cm³/mol. The SMILES string of the molecule is CC1=C2c3ccc(-c4cnn(C)c4)cc3C(Nc3ccc(OCCO)cc3)CCN2NN1. The van der Waals surface area contributed by atoms with Gasteiger partial charge in [-0.05, 0) is 54.8 Å². The molecular formula is C24H28N6O2. The lowest BCUT2D eigenvalue weighted by Gasteiger charge is -2.21. The molecule has 3 heterocycles. The van der Waals surface area contributed by atoms with Crippen LogP contribution in [0.2, 0.25) is 0 Å². The average Bonchev–Trinajstić information content (AvgIpc) is 3.37. The van der Waals surface area contributed by atoms with Crippen molar-refractivity contribution in [2.45, 2.75) is 19.4 Å². The van der Waals surface area contributed by atoms with Gasteiger partial charge in [0, 0.05) is 36.6 Å². The third-order valence-electron chi connectivity index (χ3n) is 5.92. The number of aromatic nitrogens is 2. The van der Waals surface area contributed by atoms with Crippen LogP contribution in [0.1, 0.15) is 30.5 Å². The number of rotatable bonds is 6. The minimum atomic E-state index is 0.00673. The maximum Gasteiger partial charge on any atom is 0.119 e. The number of hydrogen-bond acceptors (Lipinski definition) is 7. The average molecular weight is 433 g/mol. The molecule has 1 unspecified atom stereocenters.